The lowest BCUT2D eigenvalue weighted by atomic mass is 10.2. The molecule has 2 aliphatic heterocycles. The van der Waals surface area contributed by atoms with Crippen molar-refractivity contribution in [3.63, 3.8) is 0 Å². The van der Waals surface area contributed by atoms with Crippen LogP contribution in [0, 0.1) is 0 Å². The molecule has 1 N–H and O–H groups in total. The van der Waals surface area contributed by atoms with Gasteiger partial charge in [-0.15, -0.1) is 0 Å². The van der Waals surface area contributed by atoms with E-state index >= 15 is 0 Å². The molecule has 1 aromatic carbocycles. The normalized spacial score (nSPS) is 20.2. The number of aromatic amines is 1. The number of carbonyl (C=O) groups excluding carboxylic acids is 1. The molecule has 7 heteroatoms. The summed E-state index contributed by atoms with van der Waals surface area (Å²) in [7, 11) is 1.61. The quantitative estimate of drug-likeness (QED) is 0.875. The van der Waals surface area contributed by atoms with E-state index in [2.05, 4.69) is 15.1 Å². The molecule has 144 valence electrons. The molecule has 0 unspecified atom stereocenters. The van der Waals surface area contributed by atoms with Crippen molar-refractivity contribution in [1.82, 2.24) is 20.0 Å². The zero-order chi connectivity index (χ0) is 18.6. The minimum Gasteiger partial charge on any atom is -0.493 e. The van der Waals surface area contributed by atoms with Crippen LogP contribution in [0.5, 0.6) is 11.5 Å². The monoisotopic (exact) mass is 370 g/mol. The maximum absolute atomic E-state index is 12.9. The summed E-state index contributed by atoms with van der Waals surface area (Å²) in [6.45, 7) is 4.16. The first kappa shape index (κ1) is 17.9. The van der Waals surface area contributed by atoms with Gasteiger partial charge in [0, 0.05) is 25.7 Å². The number of methoxy groups -OCH3 is 1. The largest absolute Gasteiger partial charge is 0.493 e. The molecule has 4 rings (SSSR count). The highest BCUT2D eigenvalue weighted by atomic mass is 16.5. The third-order valence-electron chi connectivity index (χ3n) is 5.39. The van der Waals surface area contributed by atoms with Crippen LogP contribution in [0.3, 0.4) is 0 Å². The summed E-state index contributed by atoms with van der Waals surface area (Å²) < 4.78 is 11.1. The van der Waals surface area contributed by atoms with Crippen LogP contribution in [0.1, 0.15) is 35.4 Å². The van der Waals surface area contributed by atoms with Crippen molar-refractivity contribution < 1.29 is 14.3 Å². The summed E-state index contributed by atoms with van der Waals surface area (Å²) >= 11 is 0. The van der Waals surface area contributed by atoms with E-state index in [4.69, 9.17) is 9.47 Å². The number of benzene rings is 1. The Balaban J connectivity index is 1.39. The fourth-order valence-corrected chi connectivity index (χ4v) is 3.99. The van der Waals surface area contributed by atoms with Gasteiger partial charge >= 0.3 is 0 Å². The Labute approximate surface area is 159 Å². The van der Waals surface area contributed by atoms with Crippen LogP contribution in [-0.2, 0) is 6.61 Å². The zero-order valence-electron chi connectivity index (χ0n) is 15.7. The maximum atomic E-state index is 12.9. The minimum atomic E-state index is 0.00328. The average Bonchev–Trinajstić information content (AvgIpc) is 3.31. The Hall–Kier alpha value is -2.54. The Morgan fingerprint density at radius 1 is 1.22 bits per heavy atom. The molecule has 7 nitrogen and oxygen atoms in total. The van der Waals surface area contributed by atoms with Crippen LogP contribution >= 0.6 is 0 Å². The maximum Gasteiger partial charge on any atom is 0.274 e. The molecular weight excluding hydrogens is 344 g/mol. The number of nitrogens with zero attached hydrogens (tertiary/aromatic N) is 3. The molecule has 3 heterocycles. The number of amides is 1. The van der Waals surface area contributed by atoms with E-state index in [1.165, 1.54) is 19.4 Å². The van der Waals surface area contributed by atoms with Gasteiger partial charge in [-0.2, -0.15) is 5.10 Å². The molecule has 1 atom stereocenters. The summed E-state index contributed by atoms with van der Waals surface area (Å²) in [4.78, 5) is 17.4. The third-order valence-corrected chi connectivity index (χ3v) is 5.39. The van der Waals surface area contributed by atoms with Crippen LogP contribution in [0.2, 0.25) is 0 Å². The molecule has 2 aliphatic rings. The number of hydrogen-bond donors (Lipinski definition) is 1. The van der Waals surface area contributed by atoms with Crippen molar-refractivity contribution in [1.29, 1.82) is 0 Å². The summed E-state index contributed by atoms with van der Waals surface area (Å²) in [5.41, 5.74) is 1.22. The first-order valence-electron chi connectivity index (χ1n) is 9.58. The van der Waals surface area contributed by atoms with Crippen LogP contribution in [0.15, 0.2) is 30.3 Å². The van der Waals surface area contributed by atoms with Crippen molar-refractivity contribution in [3.8, 4) is 11.5 Å². The van der Waals surface area contributed by atoms with Gasteiger partial charge in [0.25, 0.3) is 5.91 Å². The number of para-hydroxylation sites is 2. The molecule has 1 aromatic heterocycles. The molecule has 0 radical (unpaired) electrons. The number of fused-ring (bicyclic) bond motifs is 1. The highest BCUT2D eigenvalue weighted by molar-refractivity contribution is 5.92. The van der Waals surface area contributed by atoms with Gasteiger partial charge in [-0.05, 0) is 44.0 Å². The van der Waals surface area contributed by atoms with Gasteiger partial charge in [-0.1, -0.05) is 12.1 Å². The van der Waals surface area contributed by atoms with E-state index in [-0.39, 0.29) is 5.91 Å². The van der Waals surface area contributed by atoms with Crippen molar-refractivity contribution >= 4 is 5.91 Å². The lowest BCUT2D eigenvalue weighted by molar-refractivity contribution is 0.0737. The van der Waals surface area contributed by atoms with E-state index in [1.807, 2.05) is 29.2 Å². The van der Waals surface area contributed by atoms with Crippen molar-refractivity contribution in [3.05, 3.63) is 41.7 Å². The second kappa shape index (κ2) is 8.00. The van der Waals surface area contributed by atoms with Gasteiger partial charge in [0.15, 0.2) is 17.2 Å². The number of hydrogen-bond acceptors (Lipinski definition) is 5. The minimum absolute atomic E-state index is 0.00328. The number of ether oxygens (including phenoxy) is 2. The van der Waals surface area contributed by atoms with Gasteiger partial charge in [0.2, 0.25) is 0 Å². The summed E-state index contributed by atoms with van der Waals surface area (Å²) in [6, 6.07) is 9.78. The highest BCUT2D eigenvalue weighted by Gasteiger charge is 2.31. The van der Waals surface area contributed by atoms with Gasteiger partial charge in [-0.25, -0.2) is 0 Å². The molecule has 2 fully saturated rings. The first-order chi connectivity index (χ1) is 13.2. The fourth-order valence-electron chi connectivity index (χ4n) is 3.99. The summed E-state index contributed by atoms with van der Waals surface area (Å²) in [5, 5.41) is 7.14. The Bertz CT molecular complexity index is 791. The SMILES string of the molecule is COc1ccccc1OCc1cc(C(=O)N2CCCN3CCC[C@H]3C2)n[nH]1. The van der Waals surface area contributed by atoms with Gasteiger partial charge in [0.1, 0.15) is 6.61 Å². The second-order valence-corrected chi connectivity index (χ2v) is 7.15. The molecule has 1 amide bonds. The topological polar surface area (TPSA) is 70.7 Å². The first-order valence-corrected chi connectivity index (χ1v) is 9.58. The van der Waals surface area contributed by atoms with E-state index in [0.29, 0.717) is 29.8 Å². The lowest BCUT2D eigenvalue weighted by Crippen LogP contribution is -2.39. The van der Waals surface area contributed by atoms with Crippen LogP contribution in [-0.4, -0.2) is 65.2 Å². The van der Waals surface area contributed by atoms with Gasteiger partial charge in [0.05, 0.1) is 12.8 Å². The van der Waals surface area contributed by atoms with Gasteiger partial charge in [-0.3, -0.25) is 14.8 Å². The predicted octanol–water partition coefficient (Wildman–Crippen LogP) is 2.31. The Morgan fingerprint density at radius 3 is 2.89 bits per heavy atom. The standard InChI is InChI=1S/C20H26N4O3/c1-26-18-7-2-3-8-19(18)27-14-15-12-17(22-21-15)20(25)24-11-5-10-23-9-4-6-16(23)13-24/h2-3,7-8,12,16H,4-6,9-11,13-14H2,1H3,(H,21,22)/t16-/m0/s1. The Kier molecular flexibility index (Phi) is 5.29. The molecule has 2 aromatic rings. The van der Waals surface area contributed by atoms with E-state index in [0.717, 1.165) is 31.7 Å². The van der Waals surface area contributed by atoms with Crippen LogP contribution in [0.4, 0.5) is 0 Å². The molecule has 2 saturated heterocycles. The molecular formula is C20H26N4O3. The number of rotatable bonds is 5. The van der Waals surface area contributed by atoms with E-state index in [1.54, 1.807) is 13.2 Å². The lowest BCUT2D eigenvalue weighted by Gasteiger charge is -2.25. The van der Waals surface area contributed by atoms with Crippen LogP contribution in [0.25, 0.3) is 0 Å². The molecule has 0 aliphatic carbocycles. The van der Waals surface area contributed by atoms with Gasteiger partial charge < -0.3 is 14.4 Å². The Morgan fingerprint density at radius 2 is 2.04 bits per heavy atom. The van der Waals surface area contributed by atoms with E-state index < -0.39 is 0 Å². The number of carbonyl (C=O) groups is 1. The summed E-state index contributed by atoms with van der Waals surface area (Å²) in [6.07, 6.45) is 3.44. The summed E-state index contributed by atoms with van der Waals surface area (Å²) in [5.74, 6) is 1.35. The third kappa shape index (κ3) is 3.93. The molecule has 0 saturated carbocycles. The predicted molar refractivity (Wildman–Crippen MR) is 101 cm³/mol. The molecule has 0 spiro atoms. The number of H-pyrrole nitrogens is 1. The zero-order valence-corrected chi connectivity index (χ0v) is 15.7. The number of nitrogens with one attached hydrogen (secondary N) is 1. The van der Waals surface area contributed by atoms with Crippen molar-refractivity contribution in [2.24, 2.45) is 0 Å². The fraction of sp³-hybridized carbons (Fsp3) is 0.500. The second-order valence-electron chi connectivity index (χ2n) is 7.15. The van der Waals surface area contributed by atoms with Crippen molar-refractivity contribution in [2.45, 2.75) is 31.9 Å². The molecule has 0 bridgehead atoms. The number of aromatic nitrogens is 2. The van der Waals surface area contributed by atoms with Crippen LogP contribution < -0.4 is 9.47 Å². The smallest absolute Gasteiger partial charge is 0.274 e. The highest BCUT2D eigenvalue weighted by Crippen LogP contribution is 2.26. The van der Waals surface area contributed by atoms with E-state index in [9.17, 15) is 4.79 Å². The molecule has 27 heavy (non-hydrogen) atoms. The van der Waals surface area contributed by atoms with Crippen molar-refractivity contribution in [2.75, 3.05) is 33.3 Å². The average molecular weight is 370 g/mol.